The van der Waals surface area contributed by atoms with Gasteiger partial charge in [-0.3, -0.25) is 9.36 Å². The predicted octanol–water partition coefficient (Wildman–Crippen LogP) is 5.29. The highest BCUT2D eigenvalue weighted by molar-refractivity contribution is 8.00. The molecule has 2 aromatic carbocycles. The van der Waals surface area contributed by atoms with Gasteiger partial charge in [-0.15, -0.1) is 16.8 Å². The Morgan fingerprint density at radius 2 is 1.93 bits per heavy atom. The molecule has 7 heteroatoms. The maximum Gasteiger partial charge on any atom is 0.237 e. The van der Waals surface area contributed by atoms with Gasteiger partial charge in [-0.05, 0) is 42.8 Å². The molecular formula is C21H21ClN4OS. The first-order valence-electron chi connectivity index (χ1n) is 8.95. The number of amides is 1. The Hall–Kier alpha value is -2.57. The first-order chi connectivity index (χ1) is 13.6. The summed E-state index contributed by atoms with van der Waals surface area (Å²) in [5, 5.41) is 12.7. The van der Waals surface area contributed by atoms with Crippen molar-refractivity contribution in [3.8, 4) is 11.4 Å². The van der Waals surface area contributed by atoms with E-state index in [1.807, 2.05) is 66.1 Å². The average Bonchev–Trinajstić information content (AvgIpc) is 3.10. The third-order valence-corrected chi connectivity index (χ3v) is 5.68. The van der Waals surface area contributed by atoms with Crippen molar-refractivity contribution in [3.05, 3.63) is 72.3 Å². The van der Waals surface area contributed by atoms with E-state index in [9.17, 15) is 4.79 Å². The van der Waals surface area contributed by atoms with Crippen molar-refractivity contribution in [2.45, 2.75) is 30.3 Å². The Balaban J connectivity index is 1.82. The van der Waals surface area contributed by atoms with Crippen LogP contribution in [0.1, 0.15) is 13.3 Å². The van der Waals surface area contributed by atoms with E-state index in [0.29, 0.717) is 23.1 Å². The van der Waals surface area contributed by atoms with Gasteiger partial charge in [-0.25, -0.2) is 0 Å². The van der Waals surface area contributed by atoms with Crippen LogP contribution in [0.5, 0.6) is 0 Å². The number of para-hydroxylation sites is 1. The lowest BCUT2D eigenvalue weighted by Crippen LogP contribution is -2.25. The summed E-state index contributed by atoms with van der Waals surface area (Å²) >= 11 is 7.39. The van der Waals surface area contributed by atoms with Crippen LogP contribution < -0.4 is 5.32 Å². The fourth-order valence-electron chi connectivity index (χ4n) is 2.68. The highest BCUT2D eigenvalue weighted by atomic mass is 35.5. The zero-order valence-electron chi connectivity index (χ0n) is 15.5. The van der Waals surface area contributed by atoms with Gasteiger partial charge in [-0.1, -0.05) is 54.6 Å². The van der Waals surface area contributed by atoms with Crippen molar-refractivity contribution < 1.29 is 4.79 Å². The third-order valence-electron chi connectivity index (χ3n) is 4.08. The molecule has 3 aromatic rings. The number of carbonyl (C=O) groups excluding carboxylic acids is 1. The van der Waals surface area contributed by atoms with Crippen LogP contribution >= 0.6 is 23.4 Å². The average molecular weight is 413 g/mol. The second kappa shape index (κ2) is 9.57. The van der Waals surface area contributed by atoms with Gasteiger partial charge >= 0.3 is 0 Å². The van der Waals surface area contributed by atoms with Crippen LogP contribution in [0.3, 0.4) is 0 Å². The molecule has 0 radical (unpaired) electrons. The van der Waals surface area contributed by atoms with Crippen LogP contribution in [-0.4, -0.2) is 25.9 Å². The third kappa shape index (κ3) is 4.82. The number of halogens is 1. The molecule has 28 heavy (non-hydrogen) atoms. The number of hydrogen-bond donors (Lipinski definition) is 1. The molecule has 1 heterocycles. The number of rotatable bonds is 8. The van der Waals surface area contributed by atoms with Crippen molar-refractivity contribution in [1.82, 2.24) is 14.8 Å². The normalized spacial score (nSPS) is 11.8. The molecule has 0 saturated heterocycles. The Morgan fingerprint density at radius 3 is 2.57 bits per heavy atom. The number of thioether (sulfide) groups is 1. The molecule has 0 aliphatic heterocycles. The number of nitrogens with zero attached hydrogens (tertiary/aromatic N) is 3. The van der Waals surface area contributed by atoms with Crippen molar-refractivity contribution in [2.24, 2.45) is 0 Å². The van der Waals surface area contributed by atoms with Crippen LogP contribution in [0.25, 0.3) is 11.4 Å². The fourth-order valence-corrected chi connectivity index (χ4v) is 3.77. The van der Waals surface area contributed by atoms with E-state index in [-0.39, 0.29) is 11.2 Å². The lowest BCUT2D eigenvalue weighted by Gasteiger charge is -2.15. The van der Waals surface area contributed by atoms with Crippen LogP contribution in [0.2, 0.25) is 5.02 Å². The summed E-state index contributed by atoms with van der Waals surface area (Å²) < 4.78 is 1.96. The van der Waals surface area contributed by atoms with E-state index < -0.39 is 0 Å². The summed E-state index contributed by atoms with van der Waals surface area (Å²) in [4.78, 5) is 12.7. The van der Waals surface area contributed by atoms with E-state index in [1.54, 1.807) is 6.08 Å². The molecule has 1 aromatic heterocycles. The molecule has 1 unspecified atom stereocenters. The van der Waals surface area contributed by atoms with Gasteiger partial charge in [0, 0.05) is 22.8 Å². The van der Waals surface area contributed by atoms with E-state index in [1.165, 1.54) is 11.8 Å². The number of nitrogens with one attached hydrogen (secondary N) is 1. The van der Waals surface area contributed by atoms with E-state index >= 15 is 0 Å². The summed E-state index contributed by atoms with van der Waals surface area (Å²) in [6.07, 6.45) is 2.46. The van der Waals surface area contributed by atoms with Crippen LogP contribution in [-0.2, 0) is 11.3 Å². The molecule has 1 atom stereocenters. The van der Waals surface area contributed by atoms with Gasteiger partial charge in [0.15, 0.2) is 11.0 Å². The molecule has 0 aliphatic carbocycles. The minimum Gasteiger partial charge on any atom is -0.325 e. The minimum absolute atomic E-state index is 0.0557. The smallest absolute Gasteiger partial charge is 0.237 e. The van der Waals surface area contributed by atoms with Gasteiger partial charge in [-0.2, -0.15) is 0 Å². The van der Waals surface area contributed by atoms with E-state index in [0.717, 1.165) is 17.1 Å². The predicted molar refractivity (Wildman–Crippen MR) is 116 cm³/mol. The van der Waals surface area contributed by atoms with Crippen molar-refractivity contribution in [3.63, 3.8) is 0 Å². The second-order valence-electron chi connectivity index (χ2n) is 6.08. The SMILES string of the molecule is C=CCn1c(SC(CC)C(=O)Nc2ccccc2)nnc1-c1ccc(Cl)cc1. The molecule has 0 bridgehead atoms. The number of hydrogen-bond acceptors (Lipinski definition) is 4. The number of anilines is 1. The molecule has 144 valence electrons. The quantitative estimate of drug-likeness (QED) is 0.403. The van der Waals surface area contributed by atoms with Crippen LogP contribution in [0.15, 0.2) is 72.4 Å². The molecule has 3 rings (SSSR count). The van der Waals surface area contributed by atoms with Gasteiger partial charge < -0.3 is 5.32 Å². The highest BCUT2D eigenvalue weighted by Gasteiger charge is 2.23. The Labute approximate surface area is 173 Å². The minimum atomic E-state index is -0.286. The number of aromatic nitrogens is 3. The zero-order chi connectivity index (χ0) is 19.9. The molecule has 0 aliphatic rings. The van der Waals surface area contributed by atoms with Crippen molar-refractivity contribution in [1.29, 1.82) is 0 Å². The Kier molecular flexibility index (Phi) is 6.90. The Morgan fingerprint density at radius 1 is 1.21 bits per heavy atom. The van der Waals surface area contributed by atoms with E-state index in [2.05, 4.69) is 22.1 Å². The highest BCUT2D eigenvalue weighted by Crippen LogP contribution is 2.29. The van der Waals surface area contributed by atoms with Gasteiger partial charge in [0.05, 0.1) is 5.25 Å². The molecule has 1 N–H and O–H groups in total. The maximum absolute atomic E-state index is 12.7. The zero-order valence-corrected chi connectivity index (χ0v) is 17.1. The maximum atomic E-state index is 12.7. The monoisotopic (exact) mass is 412 g/mol. The number of allylic oxidation sites excluding steroid dienone is 1. The van der Waals surface area contributed by atoms with Crippen molar-refractivity contribution in [2.75, 3.05) is 5.32 Å². The molecule has 1 amide bonds. The van der Waals surface area contributed by atoms with Crippen LogP contribution in [0, 0.1) is 0 Å². The van der Waals surface area contributed by atoms with Gasteiger partial charge in [0.2, 0.25) is 5.91 Å². The summed E-state index contributed by atoms with van der Waals surface area (Å²) in [7, 11) is 0. The summed E-state index contributed by atoms with van der Waals surface area (Å²) in [5.74, 6) is 0.664. The first-order valence-corrected chi connectivity index (χ1v) is 10.2. The molecule has 0 spiro atoms. The largest absolute Gasteiger partial charge is 0.325 e. The standard InChI is InChI=1S/C21H21ClN4OS/c1-3-14-26-19(15-10-12-16(22)13-11-15)24-25-21(26)28-18(4-2)20(27)23-17-8-6-5-7-9-17/h3,5-13,18H,1,4,14H2,2H3,(H,23,27). The lowest BCUT2D eigenvalue weighted by molar-refractivity contribution is -0.115. The lowest BCUT2D eigenvalue weighted by atomic mass is 10.2. The topological polar surface area (TPSA) is 59.8 Å². The van der Waals surface area contributed by atoms with Crippen LogP contribution in [0.4, 0.5) is 5.69 Å². The number of benzene rings is 2. The number of carbonyl (C=O) groups is 1. The summed E-state index contributed by atoms with van der Waals surface area (Å²) in [6.45, 7) is 6.36. The van der Waals surface area contributed by atoms with Crippen molar-refractivity contribution >= 4 is 35.0 Å². The van der Waals surface area contributed by atoms with Gasteiger partial charge in [0.1, 0.15) is 0 Å². The molecule has 0 saturated carbocycles. The second-order valence-corrected chi connectivity index (χ2v) is 7.69. The molecule has 5 nitrogen and oxygen atoms in total. The first kappa shape index (κ1) is 20.2. The summed E-state index contributed by atoms with van der Waals surface area (Å²) in [5.41, 5.74) is 1.69. The Bertz CT molecular complexity index is 941. The van der Waals surface area contributed by atoms with Gasteiger partial charge in [0.25, 0.3) is 0 Å². The summed E-state index contributed by atoms with van der Waals surface area (Å²) in [6, 6.07) is 16.9. The molecule has 0 fully saturated rings. The fraction of sp³-hybridized carbons (Fsp3) is 0.190. The molecular weight excluding hydrogens is 392 g/mol. The van der Waals surface area contributed by atoms with E-state index in [4.69, 9.17) is 11.6 Å².